The molecule has 0 saturated heterocycles. The minimum Gasteiger partial charge on any atom is -0.343 e. The van der Waals surface area contributed by atoms with Gasteiger partial charge in [0.25, 0.3) is 5.91 Å². The molecule has 104 valence electrons. The van der Waals surface area contributed by atoms with Crippen LogP contribution in [0.4, 0.5) is 0 Å². The number of amides is 1. The van der Waals surface area contributed by atoms with Crippen LogP contribution >= 0.6 is 11.6 Å². The van der Waals surface area contributed by atoms with Crippen molar-refractivity contribution in [1.82, 2.24) is 19.6 Å². The SMILES string of the molecule is CN(C)C(=O)c1nn2c(c1Cl)CN(C1CC1)CCC2. The van der Waals surface area contributed by atoms with Gasteiger partial charge in [-0.2, -0.15) is 5.10 Å². The monoisotopic (exact) mass is 282 g/mol. The highest BCUT2D eigenvalue weighted by atomic mass is 35.5. The quantitative estimate of drug-likeness (QED) is 0.827. The van der Waals surface area contributed by atoms with E-state index in [0.717, 1.165) is 31.7 Å². The Hall–Kier alpha value is -1.07. The zero-order chi connectivity index (χ0) is 13.6. The maximum atomic E-state index is 12.0. The van der Waals surface area contributed by atoms with E-state index in [-0.39, 0.29) is 5.91 Å². The number of fused-ring (bicyclic) bond motifs is 1. The zero-order valence-corrected chi connectivity index (χ0v) is 12.2. The third-order valence-corrected chi connectivity index (χ3v) is 4.23. The molecule has 6 heteroatoms. The molecule has 2 aliphatic rings. The van der Waals surface area contributed by atoms with Gasteiger partial charge in [0.05, 0.1) is 10.7 Å². The van der Waals surface area contributed by atoms with Gasteiger partial charge in [0.2, 0.25) is 0 Å². The highest BCUT2D eigenvalue weighted by Crippen LogP contribution is 2.32. The molecule has 2 heterocycles. The fourth-order valence-electron chi connectivity index (χ4n) is 2.61. The van der Waals surface area contributed by atoms with Gasteiger partial charge in [-0.3, -0.25) is 14.4 Å². The van der Waals surface area contributed by atoms with E-state index >= 15 is 0 Å². The third kappa shape index (κ3) is 2.37. The highest BCUT2D eigenvalue weighted by Gasteiger charge is 2.33. The number of aryl methyl sites for hydroxylation is 1. The van der Waals surface area contributed by atoms with E-state index in [4.69, 9.17) is 11.6 Å². The maximum absolute atomic E-state index is 12.0. The largest absolute Gasteiger partial charge is 0.343 e. The van der Waals surface area contributed by atoms with Crippen LogP contribution in [-0.4, -0.2) is 52.2 Å². The lowest BCUT2D eigenvalue weighted by Gasteiger charge is -2.18. The predicted octanol–water partition coefficient (Wildman–Crippen LogP) is 1.61. The lowest BCUT2D eigenvalue weighted by atomic mass is 10.3. The Balaban J connectivity index is 1.92. The average molecular weight is 283 g/mol. The fraction of sp³-hybridized carbons (Fsp3) is 0.692. The second kappa shape index (κ2) is 4.80. The van der Waals surface area contributed by atoms with Crippen LogP contribution in [-0.2, 0) is 13.1 Å². The molecule has 0 aromatic carbocycles. The molecule has 1 saturated carbocycles. The molecule has 5 nitrogen and oxygen atoms in total. The van der Waals surface area contributed by atoms with Crippen molar-refractivity contribution in [3.05, 3.63) is 16.4 Å². The second-order valence-electron chi connectivity index (χ2n) is 5.59. The standard InChI is InChI=1S/C13H19ClN4O/c1-16(2)13(19)12-11(14)10-8-17(9-4-5-9)6-3-7-18(10)15-12/h9H,3-8H2,1-2H3. The van der Waals surface area contributed by atoms with Gasteiger partial charge in [-0.25, -0.2) is 0 Å². The second-order valence-corrected chi connectivity index (χ2v) is 5.97. The summed E-state index contributed by atoms with van der Waals surface area (Å²) in [6, 6.07) is 0.713. The fourth-order valence-corrected chi connectivity index (χ4v) is 2.88. The number of halogens is 1. The first-order valence-corrected chi connectivity index (χ1v) is 7.16. The highest BCUT2D eigenvalue weighted by molar-refractivity contribution is 6.34. The molecule has 1 aliphatic heterocycles. The van der Waals surface area contributed by atoms with Crippen LogP contribution in [0.5, 0.6) is 0 Å². The van der Waals surface area contributed by atoms with Crippen molar-refractivity contribution in [1.29, 1.82) is 0 Å². The normalized spacial score (nSPS) is 19.9. The summed E-state index contributed by atoms with van der Waals surface area (Å²) in [6.07, 6.45) is 3.64. The van der Waals surface area contributed by atoms with E-state index < -0.39 is 0 Å². The minimum atomic E-state index is -0.122. The van der Waals surface area contributed by atoms with E-state index in [1.165, 1.54) is 17.7 Å². The molecule has 1 aromatic rings. The number of hydrogen-bond donors (Lipinski definition) is 0. The Bertz CT molecular complexity index is 507. The van der Waals surface area contributed by atoms with Crippen molar-refractivity contribution >= 4 is 17.5 Å². The van der Waals surface area contributed by atoms with E-state index in [9.17, 15) is 4.79 Å². The number of rotatable bonds is 2. The zero-order valence-electron chi connectivity index (χ0n) is 11.4. The van der Waals surface area contributed by atoms with Crippen molar-refractivity contribution in [2.75, 3.05) is 20.6 Å². The van der Waals surface area contributed by atoms with Gasteiger partial charge < -0.3 is 4.90 Å². The van der Waals surface area contributed by atoms with Crippen LogP contribution < -0.4 is 0 Å². The number of carbonyl (C=O) groups excluding carboxylic acids is 1. The first-order valence-electron chi connectivity index (χ1n) is 6.79. The van der Waals surface area contributed by atoms with Crippen molar-refractivity contribution in [3.63, 3.8) is 0 Å². The van der Waals surface area contributed by atoms with Crippen molar-refractivity contribution < 1.29 is 4.79 Å². The Kier molecular flexibility index (Phi) is 3.27. The summed E-state index contributed by atoms with van der Waals surface area (Å²) >= 11 is 6.39. The molecule has 0 unspecified atom stereocenters. The lowest BCUT2D eigenvalue weighted by molar-refractivity contribution is 0.0821. The Morgan fingerprint density at radius 2 is 2.11 bits per heavy atom. The summed E-state index contributed by atoms with van der Waals surface area (Å²) in [5.74, 6) is -0.122. The molecule has 0 spiro atoms. The number of aromatic nitrogens is 2. The van der Waals surface area contributed by atoms with E-state index in [2.05, 4.69) is 10.00 Å². The third-order valence-electron chi connectivity index (χ3n) is 3.83. The summed E-state index contributed by atoms with van der Waals surface area (Å²) in [5, 5.41) is 4.95. The summed E-state index contributed by atoms with van der Waals surface area (Å²) < 4.78 is 1.92. The van der Waals surface area contributed by atoms with Gasteiger partial charge in [-0.05, 0) is 19.3 Å². The van der Waals surface area contributed by atoms with Crippen molar-refractivity contribution in [2.24, 2.45) is 0 Å². The van der Waals surface area contributed by atoms with Gasteiger partial charge in [0.15, 0.2) is 5.69 Å². The van der Waals surface area contributed by atoms with Crippen molar-refractivity contribution in [2.45, 2.75) is 38.4 Å². The number of nitrogens with zero attached hydrogens (tertiary/aromatic N) is 4. The van der Waals surface area contributed by atoms with E-state index in [1.54, 1.807) is 14.1 Å². The number of hydrogen-bond acceptors (Lipinski definition) is 3. The summed E-state index contributed by atoms with van der Waals surface area (Å²) in [7, 11) is 3.44. The number of carbonyl (C=O) groups is 1. The van der Waals surface area contributed by atoms with E-state index in [1.807, 2.05) is 4.68 Å². The topological polar surface area (TPSA) is 41.4 Å². The summed E-state index contributed by atoms with van der Waals surface area (Å²) in [4.78, 5) is 16.0. The first-order chi connectivity index (χ1) is 9.08. The lowest BCUT2D eigenvalue weighted by Crippen LogP contribution is -2.26. The molecule has 1 aromatic heterocycles. The molecular weight excluding hydrogens is 264 g/mol. The summed E-state index contributed by atoms with van der Waals surface area (Å²) in [5.41, 5.74) is 1.38. The molecule has 1 amide bonds. The summed E-state index contributed by atoms with van der Waals surface area (Å²) in [6.45, 7) is 2.76. The van der Waals surface area contributed by atoms with Crippen LogP contribution in [0.1, 0.15) is 35.4 Å². The average Bonchev–Trinajstić information content (AvgIpc) is 3.17. The van der Waals surface area contributed by atoms with Gasteiger partial charge >= 0.3 is 0 Å². The maximum Gasteiger partial charge on any atom is 0.275 e. The Labute approximate surface area is 118 Å². The van der Waals surface area contributed by atoms with Crippen molar-refractivity contribution in [3.8, 4) is 0 Å². The molecule has 0 radical (unpaired) electrons. The van der Waals surface area contributed by atoms with Crippen LogP contribution in [0.3, 0.4) is 0 Å². The Morgan fingerprint density at radius 1 is 1.37 bits per heavy atom. The van der Waals surface area contributed by atoms with Gasteiger partial charge in [-0.1, -0.05) is 11.6 Å². The molecule has 0 atom stereocenters. The molecule has 19 heavy (non-hydrogen) atoms. The van der Waals surface area contributed by atoms with Crippen LogP contribution in [0.15, 0.2) is 0 Å². The van der Waals surface area contributed by atoms with Crippen LogP contribution in [0.2, 0.25) is 5.02 Å². The molecular formula is C13H19ClN4O. The Morgan fingerprint density at radius 3 is 2.74 bits per heavy atom. The van der Waals surface area contributed by atoms with E-state index in [0.29, 0.717) is 16.8 Å². The van der Waals surface area contributed by atoms with Crippen LogP contribution in [0.25, 0.3) is 0 Å². The molecule has 1 aliphatic carbocycles. The predicted molar refractivity (Wildman–Crippen MR) is 73.3 cm³/mol. The van der Waals surface area contributed by atoms with Gasteiger partial charge in [-0.15, -0.1) is 0 Å². The van der Waals surface area contributed by atoms with Crippen LogP contribution in [0, 0.1) is 0 Å². The smallest absolute Gasteiger partial charge is 0.275 e. The molecule has 0 N–H and O–H groups in total. The van der Waals surface area contributed by atoms with Gasteiger partial charge in [0, 0.05) is 39.8 Å². The minimum absolute atomic E-state index is 0.122. The molecule has 3 rings (SSSR count). The molecule has 0 bridgehead atoms. The van der Waals surface area contributed by atoms with Gasteiger partial charge in [0.1, 0.15) is 0 Å². The molecule has 1 fully saturated rings. The first kappa shape index (κ1) is 12.9.